The maximum Gasteiger partial charge on any atom is 0.407 e. The van der Waals surface area contributed by atoms with E-state index in [9.17, 15) is 43.5 Å². The van der Waals surface area contributed by atoms with E-state index in [0.29, 0.717) is 63.2 Å². The minimum Gasteiger partial charge on any atom is -0.480 e. The van der Waals surface area contributed by atoms with Crippen LogP contribution in [0.15, 0.2) is 164 Å². The highest BCUT2D eigenvalue weighted by Crippen LogP contribution is 2.40. The van der Waals surface area contributed by atoms with E-state index in [1.165, 1.54) is 32.0 Å². The summed E-state index contributed by atoms with van der Waals surface area (Å²) < 4.78 is 9.53. The van der Waals surface area contributed by atoms with E-state index in [-0.39, 0.29) is 84.7 Å². The van der Waals surface area contributed by atoms with Gasteiger partial charge in [0.1, 0.15) is 25.2 Å². The molecule has 4 aliphatic carbocycles. The van der Waals surface area contributed by atoms with Crippen LogP contribution in [0, 0.1) is 11.8 Å². The van der Waals surface area contributed by atoms with Crippen LogP contribution in [-0.4, -0.2) is 184 Å². The molecule has 6 aliphatic heterocycles. The summed E-state index contributed by atoms with van der Waals surface area (Å²) in [6, 6.07) is 33.1. The van der Waals surface area contributed by atoms with Crippen molar-refractivity contribution in [3.05, 3.63) is 166 Å². The maximum absolute atomic E-state index is 13.8. The molecular weight excluding hydrogens is 1430 g/mol. The summed E-state index contributed by atoms with van der Waals surface area (Å²) in [5.74, 6) is -1.69. The zero-order valence-electron chi connectivity index (χ0n) is 67.1. The van der Waals surface area contributed by atoms with Crippen molar-refractivity contribution < 1.29 is 52.9 Å². The average molecular weight is 1540 g/mol. The number of hydrogen-bond acceptors (Lipinski definition) is 15. The van der Waals surface area contributed by atoms with Gasteiger partial charge in [-0.2, -0.15) is 0 Å². The fourth-order valence-corrected chi connectivity index (χ4v) is 16.1. The van der Waals surface area contributed by atoms with Gasteiger partial charge in [-0.05, 0) is 207 Å². The Balaban J connectivity index is 0.000000199. The molecule has 0 spiro atoms. The molecule has 6 N–H and O–H groups in total. The van der Waals surface area contributed by atoms with E-state index in [1.807, 2.05) is 90.0 Å². The van der Waals surface area contributed by atoms with Crippen LogP contribution in [0.25, 0.3) is 44.5 Å². The number of aliphatic imine (C=N–C) groups is 4. The Morgan fingerprint density at radius 3 is 1.12 bits per heavy atom. The lowest BCUT2D eigenvalue weighted by atomic mass is 9.94. The number of ether oxygens (including phenoxy) is 2. The average Bonchev–Trinajstić information content (AvgIpc) is 1.73. The van der Waals surface area contributed by atoms with Gasteiger partial charge in [0.05, 0.1) is 26.3 Å². The molecular formula is C90H110N12O11. The number of likely N-dealkylation sites (tertiary alicyclic amines) is 2. The van der Waals surface area contributed by atoms with E-state index in [0.717, 1.165) is 171 Å². The number of hydrogen-bond donors (Lipinski definition) is 5. The highest BCUT2D eigenvalue weighted by atomic mass is 16.5. The van der Waals surface area contributed by atoms with Crippen molar-refractivity contribution >= 4 is 92.8 Å². The first-order valence-corrected chi connectivity index (χ1v) is 40.4. The SMILES string of the molecule is COC(=O)N[C@H](C(=O)N1CCC[C@H]1C1=NC=C(c2ccc(-c3ccc(C4=CN=C(C5=C(C(=O)N(CC(=O)NC6CC6)C(C)C)CCC5)C4)cc3)cc2)C1)C(C)C.COC(=O)N[C@H](C(=O)N1CCC[C@H]1C1=NC=C(c2ccc(-c3ccc(C4=CN=C(C5=C(C(=O)N(CC(=O)O)C(C)C)CCC5)C4)cc3)cc2)C1)C(C)C.NC1CC1. The number of rotatable bonds is 25. The molecule has 23 heteroatoms. The smallest absolute Gasteiger partial charge is 0.407 e. The zero-order chi connectivity index (χ0) is 80.3. The van der Waals surface area contributed by atoms with Crippen molar-refractivity contribution in [2.45, 2.75) is 219 Å². The van der Waals surface area contributed by atoms with Crippen molar-refractivity contribution in [3.63, 3.8) is 0 Å². The summed E-state index contributed by atoms with van der Waals surface area (Å²) in [4.78, 5) is 128. The van der Waals surface area contributed by atoms with Crippen molar-refractivity contribution in [1.82, 2.24) is 35.6 Å². The highest BCUT2D eigenvalue weighted by Gasteiger charge is 2.42. The second-order valence-electron chi connectivity index (χ2n) is 32.4. The molecule has 2 saturated carbocycles. The van der Waals surface area contributed by atoms with Crippen LogP contribution >= 0.6 is 0 Å². The first kappa shape index (κ1) is 81.8. The number of alkyl carbamates (subject to hydrolysis) is 2. The fourth-order valence-electron chi connectivity index (χ4n) is 16.1. The van der Waals surface area contributed by atoms with Gasteiger partial charge in [0, 0.05) is 122 Å². The van der Waals surface area contributed by atoms with Gasteiger partial charge in [-0.1, -0.05) is 125 Å². The largest absolute Gasteiger partial charge is 0.480 e. The predicted molar refractivity (Wildman–Crippen MR) is 443 cm³/mol. The minimum atomic E-state index is -1.01. The third-order valence-electron chi connectivity index (χ3n) is 22.9. The standard InChI is InChI=1S/C45H54N6O5.C42H49N5O6.C3H7N/c1-27(2)42(49-45(55)56-5)44(54)50-21-7-10-40(50)39-23-34(25-47-39)32-17-13-30(14-18-32)29-11-15-31(16-12-29)33-22-38(46-24-33)36-8-6-9-37(36)43(53)51(28(3)4)26-41(52)48-35-19-20-35;1-25(2)39(45-42(52)53-5)41(51)46-19-7-10-37(46)36-21-32(23-44-36)30-17-13-28(14-18-30)27-11-15-29(16-12-27)31-20-35(43-22-31)33-8-6-9-34(33)40(50)47(26(3)4)24-38(48)49;4-3-1-2-3/h11-18,24-25,27-28,35,40,42H,6-10,19-23,26H2,1-5H3,(H,48,52)(H,49,55);11-18,22-23,25-26,37,39H,6-10,19-21,24H2,1-5H3,(H,45,52)(H,48,49);3H,1-2,4H2/t40-,42-;37-,39-;/m00./s1. The Bertz CT molecular complexity index is 4600. The van der Waals surface area contributed by atoms with Crippen LogP contribution < -0.4 is 21.7 Å². The second-order valence-corrected chi connectivity index (χ2v) is 32.4. The topological polar surface area (TPSA) is 300 Å². The summed E-state index contributed by atoms with van der Waals surface area (Å²) in [7, 11) is 2.60. The molecule has 10 aliphatic rings. The number of methoxy groups -OCH3 is 2. The van der Waals surface area contributed by atoms with Gasteiger partial charge in [0.2, 0.25) is 17.7 Å². The normalized spacial score (nSPS) is 19.6. The molecule has 4 aromatic rings. The molecule has 23 nitrogen and oxygen atoms in total. The van der Waals surface area contributed by atoms with Crippen LogP contribution in [0.1, 0.15) is 193 Å². The van der Waals surface area contributed by atoms with Gasteiger partial charge >= 0.3 is 18.2 Å². The Morgan fingerprint density at radius 2 is 0.796 bits per heavy atom. The van der Waals surface area contributed by atoms with Crippen molar-refractivity contribution in [1.29, 1.82) is 0 Å². The van der Waals surface area contributed by atoms with E-state index >= 15 is 0 Å². The molecule has 14 rings (SSSR count). The molecule has 2 saturated heterocycles. The second kappa shape index (κ2) is 36.9. The van der Waals surface area contributed by atoms with Gasteiger partial charge in [-0.15, -0.1) is 0 Å². The lowest BCUT2D eigenvalue weighted by Crippen LogP contribution is -2.53. The first-order chi connectivity index (χ1) is 54.3. The van der Waals surface area contributed by atoms with E-state index in [1.54, 1.807) is 4.90 Å². The summed E-state index contributed by atoms with van der Waals surface area (Å²) in [5.41, 5.74) is 25.8. The van der Waals surface area contributed by atoms with E-state index < -0.39 is 30.2 Å². The zero-order valence-corrected chi connectivity index (χ0v) is 67.1. The number of aliphatic carboxylic acids is 1. The van der Waals surface area contributed by atoms with Gasteiger partial charge in [-0.25, -0.2) is 9.59 Å². The molecule has 0 radical (unpaired) electrons. The summed E-state index contributed by atoms with van der Waals surface area (Å²) in [6.45, 7) is 16.3. The predicted octanol–water partition coefficient (Wildman–Crippen LogP) is 14.1. The Morgan fingerprint density at radius 1 is 0.460 bits per heavy atom. The number of nitrogens with two attached hydrogens (primary N) is 1. The van der Waals surface area contributed by atoms with Gasteiger partial charge in [0.25, 0.3) is 11.8 Å². The molecule has 7 amide bonds. The number of allylic oxidation sites excluding steroid dienone is 6. The summed E-state index contributed by atoms with van der Waals surface area (Å²) in [5, 5.41) is 17.8. The highest BCUT2D eigenvalue weighted by molar-refractivity contribution is 6.16. The van der Waals surface area contributed by atoms with Crippen LogP contribution in [-0.2, 0) is 38.2 Å². The van der Waals surface area contributed by atoms with Gasteiger partial charge in [0.15, 0.2) is 0 Å². The van der Waals surface area contributed by atoms with E-state index in [2.05, 4.69) is 113 Å². The minimum absolute atomic E-state index is 0.0410. The van der Waals surface area contributed by atoms with Gasteiger partial charge in [-0.3, -0.25) is 48.7 Å². The Kier molecular flexibility index (Phi) is 26.7. The number of nitrogens with one attached hydrogen (secondary N) is 3. The maximum atomic E-state index is 13.8. The Hall–Kier alpha value is -10.7. The van der Waals surface area contributed by atoms with Gasteiger partial charge < -0.3 is 55.9 Å². The molecule has 0 unspecified atom stereocenters. The number of carboxylic acids is 1. The fraction of sp³-hybridized carbons (Fsp3) is 0.467. The van der Waals surface area contributed by atoms with Crippen LogP contribution in [0.5, 0.6) is 0 Å². The molecule has 6 heterocycles. The molecule has 113 heavy (non-hydrogen) atoms. The van der Waals surface area contributed by atoms with Crippen LogP contribution in [0.4, 0.5) is 9.59 Å². The number of carbonyl (C=O) groups is 8. The van der Waals surface area contributed by atoms with Crippen molar-refractivity contribution in [3.8, 4) is 22.3 Å². The van der Waals surface area contributed by atoms with Crippen LogP contribution in [0.2, 0.25) is 0 Å². The third-order valence-corrected chi connectivity index (χ3v) is 22.9. The summed E-state index contributed by atoms with van der Waals surface area (Å²) in [6.07, 6.45) is 21.9. The van der Waals surface area contributed by atoms with Crippen molar-refractivity contribution in [2.75, 3.05) is 40.4 Å². The molecule has 0 bridgehead atoms. The third kappa shape index (κ3) is 20.0. The quantitative estimate of drug-likeness (QED) is 0.0414. The lowest BCUT2D eigenvalue weighted by molar-refractivity contribution is -0.144. The molecule has 4 atom stereocenters. The number of amides is 7. The molecule has 4 fully saturated rings. The van der Waals surface area contributed by atoms with Crippen LogP contribution in [0.3, 0.4) is 0 Å². The van der Waals surface area contributed by atoms with E-state index in [4.69, 9.17) is 35.2 Å². The van der Waals surface area contributed by atoms with Crippen molar-refractivity contribution in [2.24, 2.45) is 37.5 Å². The first-order valence-electron chi connectivity index (χ1n) is 40.4. The Labute approximate surface area is 663 Å². The summed E-state index contributed by atoms with van der Waals surface area (Å²) >= 11 is 0. The monoisotopic (exact) mass is 1530 g/mol. The molecule has 0 aromatic heterocycles. The number of benzene rings is 4. The number of nitrogens with zero attached hydrogens (tertiary/aromatic N) is 8. The lowest BCUT2D eigenvalue weighted by Gasteiger charge is -2.31. The number of carboxylic acid groups (broad SMARTS) is 1. The molecule has 596 valence electrons. The molecule has 4 aromatic carbocycles. The number of carbonyl (C=O) groups excluding carboxylic acids is 7.